The topological polar surface area (TPSA) is 76.3 Å². The smallest absolute Gasteiger partial charge is 0.417 e. The first-order valence-electron chi connectivity index (χ1n) is 7.34. The second kappa shape index (κ2) is 6.58. The Morgan fingerprint density at radius 1 is 1.20 bits per heavy atom. The number of alkyl halides is 3. The minimum atomic E-state index is -4.69. The Labute approximate surface area is 146 Å². The maximum Gasteiger partial charge on any atom is 0.470 e. The van der Waals surface area contributed by atoms with Crippen LogP contribution in [0.2, 0.25) is 5.02 Å². The summed E-state index contributed by atoms with van der Waals surface area (Å²) in [6, 6.07) is 5.91. The molecule has 1 fully saturated rings. The van der Waals surface area contributed by atoms with Crippen LogP contribution in [0.5, 0.6) is 0 Å². The third kappa shape index (κ3) is 3.80. The SMILES string of the molecule is O=S(=O)(c1cccc(Cl)c1)N1CCC(c2nnc(C(F)(F)F)o2)CC1. The highest BCUT2D eigenvalue weighted by Crippen LogP contribution is 2.33. The van der Waals surface area contributed by atoms with E-state index in [1.54, 1.807) is 12.1 Å². The number of aromatic nitrogens is 2. The first-order valence-corrected chi connectivity index (χ1v) is 9.16. The summed E-state index contributed by atoms with van der Waals surface area (Å²) in [6.07, 6.45) is -4.11. The fraction of sp³-hybridized carbons (Fsp3) is 0.429. The van der Waals surface area contributed by atoms with Crippen LogP contribution in [0.1, 0.15) is 30.5 Å². The van der Waals surface area contributed by atoms with Gasteiger partial charge in [-0.05, 0) is 31.0 Å². The molecule has 0 unspecified atom stereocenters. The number of piperidine rings is 1. The van der Waals surface area contributed by atoms with Crippen LogP contribution in [0.4, 0.5) is 13.2 Å². The molecule has 136 valence electrons. The summed E-state index contributed by atoms with van der Waals surface area (Å²) in [7, 11) is -3.71. The molecule has 0 bridgehead atoms. The van der Waals surface area contributed by atoms with Gasteiger partial charge < -0.3 is 4.42 Å². The van der Waals surface area contributed by atoms with Gasteiger partial charge in [0.25, 0.3) is 0 Å². The van der Waals surface area contributed by atoms with E-state index in [1.807, 2.05) is 0 Å². The van der Waals surface area contributed by atoms with Crippen LogP contribution in [-0.2, 0) is 16.2 Å². The van der Waals surface area contributed by atoms with Gasteiger partial charge in [0.2, 0.25) is 15.9 Å². The summed E-state index contributed by atoms with van der Waals surface area (Å²) in [6.45, 7) is 0.284. The van der Waals surface area contributed by atoms with Crippen LogP contribution >= 0.6 is 11.6 Å². The van der Waals surface area contributed by atoms with Crippen LogP contribution in [0.3, 0.4) is 0 Å². The fourth-order valence-corrected chi connectivity index (χ4v) is 4.40. The molecule has 0 amide bonds. The van der Waals surface area contributed by atoms with Crippen molar-refractivity contribution in [3.63, 3.8) is 0 Å². The lowest BCUT2D eigenvalue weighted by molar-refractivity contribution is -0.157. The van der Waals surface area contributed by atoms with E-state index in [-0.39, 0.29) is 23.9 Å². The molecule has 0 atom stereocenters. The normalized spacial score (nSPS) is 17.8. The Morgan fingerprint density at radius 3 is 2.44 bits per heavy atom. The molecule has 1 aliphatic heterocycles. The molecule has 0 aliphatic carbocycles. The molecule has 25 heavy (non-hydrogen) atoms. The van der Waals surface area contributed by atoms with Crippen LogP contribution < -0.4 is 0 Å². The van der Waals surface area contributed by atoms with Gasteiger partial charge in [0, 0.05) is 24.0 Å². The zero-order valence-electron chi connectivity index (χ0n) is 12.7. The Balaban J connectivity index is 1.70. The van der Waals surface area contributed by atoms with Gasteiger partial charge in [-0.1, -0.05) is 17.7 Å². The van der Waals surface area contributed by atoms with Crippen LogP contribution in [0.15, 0.2) is 33.6 Å². The molecular weight excluding hydrogens is 383 g/mol. The molecule has 0 radical (unpaired) electrons. The predicted octanol–water partition coefficient (Wildman–Crippen LogP) is 3.31. The third-order valence-corrected chi connectivity index (χ3v) is 6.05. The standard InChI is InChI=1S/C14H13ClF3N3O3S/c15-10-2-1-3-11(8-10)25(22,23)21-6-4-9(5-7-21)12-19-20-13(24-12)14(16,17)18/h1-3,8-9H,4-7H2. The van der Waals surface area contributed by atoms with Crippen LogP contribution in [0, 0.1) is 0 Å². The average molecular weight is 396 g/mol. The number of hydrogen-bond donors (Lipinski definition) is 0. The Hall–Kier alpha value is -1.65. The van der Waals surface area contributed by atoms with Gasteiger partial charge >= 0.3 is 12.1 Å². The summed E-state index contributed by atoms with van der Waals surface area (Å²) < 4.78 is 68.7. The van der Waals surface area contributed by atoms with Crippen molar-refractivity contribution in [1.29, 1.82) is 0 Å². The third-order valence-electron chi connectivity index (χ3n) is 3.92. The lowest BCUT2D eigenvalue weighted by atomic mass is 9.98. The van der Waals surface area contributed by atoms with E-state index in [2.05, 4.69) is 14.6 Å². The Morgan fingerprint density at radius 2 is 1.88 bits per heavy atom. The van der Waals surface area contributed by atoms with Crippen molar-refractivity contribution in [2.45, 2.75) is 29.8 Å². The van der Waals surface area contributed by atoms with Crippen molar-refractivity contribution in [1.82, 2.24) is 14.5 Å². The number of sulfonamides is 1. The molecule has 0 saturated carbocycles. The van der Waals surface area contributed by atoms with Gasteiger partial charge in [0.05, 0.1) is 4.90 Å². The maximum atomic E-state index is 12.6. The van der Waals surface area contributed by atoms with Crippen molar-refractivity contribution < 1.29 is 26.0 Å². The molecule has 3 rings (SSSR count). The first kappa shape index (κ1) is 18.2. The van der Waals surface area contributed by atoms with Gasteiger partial charge in [0.15, 0.2) is 0 Å². The van der Waals surface area contributed by atoms with E-state index in [0.717, 1.165) is 0 Å². The highest BCUT2D eigenvalue weighted by molar-refractivity contribution is 7.89. The number of benzene rings is 1. The quantitative estimate of drug-likeness (QED) is 0.796. The molecular formula is C14H13ClF3N3O3S. The molecule has 1 aromatic carbocycles. The summed E-state index contributed by atoms with van der Waals surface area (Å²) in [5.74, 6) is -1.92. The van der Waals surface area contributed by atoms with Crippen molar-refractivity contribution in [2.75, 3.05) is 13.1 Å². The van der Waals surface area contributed by atoms with Gasteiger partial charge in [-0.2, -0.15) is 17.5 Å². The van der Waals surface area contributed by atoms with E-state index in [9.17, 15) is 21.6 Å². The highest BCUT2D eigenvalue weighted by atomic mass is 35.5. The van der Waals surface area contributed by atoms with E-state index in [1.165, 1.54) is 16.4 Å². The number of nitrogens with zero attached hydrogens (tertiary/aromatic N) is 3. The highest BCUT2D eigenvalue weighted by Gasteiger charge is 2.39. The molecule has 1 aromatic heterocycles. The molecule has 2 heterocycles. The molecule has 11 heteroatoms. The second-order valence-corrected chi connectivity index (χ2v) is 7.95. The lowest BCUT2D eigenvalue weighted by Gasteiger charge is -2.29. The van der Waals surface area contributed by atoms with E-state index >= 15 is 0 Å². The second-order valence-electron chi connectivity index (χ2n) is 5.58. The molecule has 2 aromatic rings. The average Bonchev–Trinajstić information content (AvgIpc) is 3.05. The van der Waals surface area contributed by atoms with E-state index < -0.39 is 28.0 Å². The Bertz CT molecular complexity index is 861. The molecule has 6 nitrogen and oxygen atoms in total. The predicted molar refractivity (Wildman–Crippen MR) is 81.5 cm³/mol. The maximum absolute atomic E-state index is 12.6. The molecule has 0 N–H and O–H groups in total. The fourth-order valence-electron chi connectivity index (χ4n) is 2.63. The van der Waals surface area contributed by atoms with Gasteiger partial charge in [-0.25, -0.2) is 8.42 Å². The Kier molecular flexibility index (Phi) is 4.78. The van der Waals surface area contributed by atoms with E-state index in [0.29, 0.717) is 17.9 Å². The van der Waals surface area contributed by atoms with Crippen molar-refractivity contribution in [3.8, 4) is 0 Å². The monoisotopic (exact) mass is 395 g/mol. The van der Waals surface area contributed by atoms with Crippen molar-refractivity contribution in [2.24, 2.45) is 0 Å². The number of halogens is 4. The van der Waals surface area contributed by atoms with Crippen LogP contribution in [0.25, 0.3) is 0 Å². The molecule has 1 aliphatic rings. The summed E-state index contributed by atoms with van der Waals surface area (Å²) in [4.78, 5) is 0.0793. The molecule has 1 saturated heterocycles. The van der Waals surface area contributed by atoms with Gasteiger partial charge in [0.1, 0.15) is 0 Å². The summed E-state index contributed by atoms with van der Waals surface area (Å²) in [5.41, 5.74) is 0. The summed E-state index contributed by atoms with van der Waals surface area (Å²) in [5, 5.41) is 6.75. The van der Waals surface area contributed by atoms with Gasteiger partial charge in [-0.15, -0.1) is 10.2 Å². The lowest BCUT2D eigenvalue weighted by Crippen LogP contribution is -2.37. The molecule has 0 spiro atoms. The number of hydrogen-bond acceptors (Lipinski definition) is 5. The largest absolute Gasteiger partial charge is 0.470 e. The van der Waals surface area contributed by atoms with Gasteiger partial charge in [-0.3, -0.25) is 0 Å². The van der Waals surface area contributed by atoms with Crippen molar-refractivity contribution >= 4 is 21.6 Å². The van der Waals surface area contributed by atoms with E-state index in [4.69, 9.17) is 11.6 Å². The zero-order valence-corrected chi connectivity index (χ0v) is 14.3. The zero-order chi connectivity index (χ0) is 18.2. The minimum Gasteiger partial charge on any atom is -0.417 e. The van der Waals surface area contributed by atoms with Crippen LogP contribution in [-0.4, -0.2) is 36.0 Å². The minimum absolute atomic E-state index is 0.0793. The number of rotatable bonds is 3. The van der Waals surface area contributed by atoms with Crippen molar-refractivity contribution in [3.05, 3.63) is 41.1 Å². The summed E-state index contributed by atoms with van der Waals surface area (Å²) >= 11 is 5.83. The first-order chi connectivity index (χ1) is 11.7.